The van der Waals surface area contributed by atoms with Crippen LogP contribution in [0.4, 0.5) is 0 Å². The van der Waals surface area contributed by atoms with E-state index in [-0.39, 0.29) is 5.38 Å². The molecule has 0 radical (unpaired) electrons. The minimum Gasteiger partial charge on any atom is -0.248 e. The lowest BCUT2D eigenvalue weighted by molar-refractivity contribution is 0.647. The highest BCUT2D eigenvalue weighted by Gasteiger charge is 2.07. The molecule has 16 heavy (non-hydrogen) atoms. The SMILES string of the molecule is Cc1ccccc1Cn1cc(C(C)Cl)nn1. The monoisotopic (exact) mass is 235 g/mol. The van der Waals surface area contributed by atoms with Crippen molar-refractivity contribution in [3.05, 3.63) is 47.3 Å². The van der Waals surface area contributed by atoms with Gasteiger partial charge in [0.05, 0.1) is 18.1 Å². The molecule has 1 aromatic heterocycles. The number of aryl methyl sites for hydroxylation is 1. The molecule has 1 aromatic carbocycles. The number of rotatable bonds is 3. The molecule has 1 atom stereocenters. The Balaban J connectivity index is 2.18. The number of benzene rings is 1. The maximum Gasteiger partial charge on any atom is 0.100 e. The Kier molecular flexibility index (Phi) is 3.25. The molecular formula is C12H14ClN3. The maximum atomic E-state index is 5.93. The highest BCUT2D eigenvalue weighted by molar-refractivity contribution is 6.20. The van der Waals surface area contributed by atoms with Crippen LogP contribution in [-0.4, -0.2) is 15.0 Å². The van der Waals surface area contributed by atoms with E-state index in [1.165, 1.54) is 11.1 Å². The summed E-state index contributed by atoms with van der Waals surface area (Å²) in [6.07, 6.45) is 1.89. The summed E-state index contributed by atoms with van der Waals surface area (Å²) in [7, 11) is 0. The van der Waals surface area contributed by atoms with Crippen molar-refractivity contribution in [2.24, 2.45) is 0 Å². The van der Waals surface area contributed by atoms with Gasteiger partial charge < -0.3 is 0 Å². The third-order valence-corrected chi connectivity index (χ3v) is 2.78. The molecule has 0 spiro atoms. The molecule has 0 N–H and O–H groups in total. The summed E-state index contributed by atoms with van der Waals surface area (Å²) in [6, 6.07) is 8.26. The van der Waals surface area contributed by atoms with Crippen molar-refractivity contribution in [3.8, 4) is 0 Å². The second-order valence-corrected chi connectivity index (χ2v) is 4.54. The Morgan fingerprint density at radius 2 is 2.12 bits per heavy atom. The third kappa shape index (κ3) is 2.42. The fraction of sp³-hybridized carbons (Fsp3) is 0.333. The van der Waals surface area contributed by atoms with Crippen molar-refractivity contribution in [2.45, 2.75) is 25.8 Å². The number of halogens is 1. The minimum atomic E-state index is -0.0920. The second kappa shape index (κ2) is 4.66. The molecule has 1 unspecified atom stereocenters. The quantitative estimate of drug-likeness (QED) is 0.766. The van der Waals surface area contributed by atoms with Gasteiger partial charge in [-0.2, -0.15) is 0 Å². The van der Waals surface area contributed by atoms with Gasteiger partial charge in [0.15, 0.2) is 0 Å². The Hall–Kier alpha value is -1.35. The van der Waals surface area contributed by atoms with Crippen LogP contribution in [0.3, 0.4) is 0 Å². The smallest absolute Gasteiger partial charge is 0.100 e. The van der Waals surface area contributed by atoms with Crippen molar-refractivity contribution < 1.29 is 0 Å². The zero-order valence-electron chi connectivity index (χ0n) is 9.39. The zero-order chi connectivity index (χ0) is 11.5. The first-order chi connectivity index (χ1) is 7.66. The normalized spacial score (nSPS) is 12.7. The number of hydrogen-bond acceptors (Lipinski definition) is 2. The summed E-state index contributed by atoms with van der Waals surface area (Å²) in [5.74, 6) is 0. The average molecular weight is 236 g/mol. The van der Waals surface area contributed by atoms with Crippen molar-refractivity contribution in [3.63, 3.8) is 0 Å². The lowest BCUT2D eigenvalue weighted by Crippen LogP contribution is -2.01. The largest absolute Gasteiger partial charge is 0.248 e. The molecule has 2 rings (SSSR count). The molecule has 0 saturated carbocycles. The molecule has 0 fully saturated rings. The van der Waals surface area contributed by atoms with Crippen LogP contribution in [0, 0.1) is 6.92 Å². The third-order valence-electron chi connectivity index (χ3n) is 2.56. The summed E-state index contributed by atoms with van der Waals surface area (Å²) in [6.45, 7) is 4.73. The molecule has 3 nitrogen and oxygen atoms in total. The van der Waals surface area contributed by atoms with Crippen LogP contribution < -0.4 is 0 Å². The fourth-order valence-electron chi connectivity index (χ4n) is 1.53. The molecular weight excluding hydrogens is 222 g/mol. The van der Waals surface area contributed by atoms with Gasteiger partial charge in [0.1, 0.15) is 5.69 Å². The molecule has 1 heterocycles. The van der Waals surface area contributed by atoms with E-state index < -0.39 is 0 Å². The van der Waals surface area contributed by atoms with Crippen molar-refractivity contribution in [1.29, 1.82) is 0 Å². The van der Waals surface area contributed by atoms with Crippen LogP contribution in [0.2, 0.25) is 0 Å². The molecule has 0 aliphatic rings. The van der Waals surface area contributed by atoms with E-state index in [2.05, 4.69) is 29.4 Å². The number of nitrogens with zero attached hydrogens (tertiary/aromatic N) is 3. The Bertz CT molecular complexity index is 477. The first-order valence-electron chi connectivity index (χ1n) is 5.25. The Morgan fingerprint density at radius 1 is 1.38 bits per heavy atom. The lowest BCUT2D eigenvalue weighted by Gasteiger charge is -2.04. The Morgan fingerprint density at radius 3 is 2.75 bits per heavy atom. The number of hydrogen-bond donors (Lipinski definition) is 0. The zero-order valence-corrected chi connectivity index (χ0v) is 10.1. The van der Waals surface area contributed by atoms with Gasteiger partial charge in [-0.05, 0) is 25.0 Å². The lowest BCUT2D eigenvalue weighted by atomic mass is 10.1. The van der Waals surface area contributed by atoms with Crippen molar-refractivity contribution in [2.75, 3.05) is 0 Å². The highest BCUT2D eigenvalue weighted by atomic mass is 35.5. The van der Waals surface area contributed by atoms with Gasteiger partial charge in [-0.25, -0.2) is 4.68 Å². The number of aromatic nitrogens is 3. The summed E-state index contributed by atoms with van der Waals surface area (Å²) >= 11 is 5.93. The van der Waals surface area contributed by atoms with E-state index in [4.69, 9.17) is 11.6 Å². The standard InChI is InChI=1S/C12H14ClN3/c1-9-5-3-4-6-11(9)7-16-8-12(10(2)13)14-15-16/h3-6,8,10H,7H2,1-2H3. The minimum absolute atomic E-state index is 0.0920. The molecule has 0 amide bonds. The van der Waals surface area contributed by atoms with E-state index in [0.29, 0.717) is 0 Å². The summed E-state index contributed by atoms with van der Waals surface area (Å²) in [5.41, 5.74) is 3.33. The highest BCUT2D eigenvalue weighted by Crippen LogP contribution is 2.16. The topological polar surface area (TPSA) is 30.7 Å². The molecule has 84 valence electrons. The van der Waals surface area contributed by atoms with E-state index in [1.807, 2.05) is 29.9 Å². The van der Waals surface area contributed by atoms with Crippen LogP contribution in [0.1, 0.15) is 29.1 Å². The average Bonchev–Trinajstić information content (AvgIpc) is 2.70. The van der Waals surface area contributed by atoms with E-state index in [0.717, 1.165) is 12.2 Å². The maximum absolute atomic E-state index is 5.93. The van der Waals surface area contributed by atoms with Crippen LogP contribution in [0.5, 0.6) is 0 Å². The molecule has 0 aliphatic heterocycles. The second-order valence-electron chi connectivity index (χ2n) is 3.88. The summed E-state index contributed by atoms with van der Waals surface area (Å²) in [5, 5.41) is 7.99. The van der Waals surface area contributed by atoms with Crippen LogP contribution in [-0.2, 0) is 6.54 Å². The van der Waals surface area contributed by atoms with Gasteiger partial charge in [0.25, 0.3) is 0 Å². The van der Waals surface area contributed by atoms with E-state index in [1.54, 1.807) is 0 Å². The van der Waals surface area contributed by atoms with Gasteiger partial charge in [-0.15, -0.1) is 16.7 Å². The van der Waals surface area contributed by atoms with Gasteiger partial charge in [-0.1, -0.05) is 29.5 Å². The molecule has 0 aliphatic carbocycles. The summed E-state index contributed by atoms with van der Waals surface area (Å²) < 4.78 is 1.82. The van der Waals surface area contributed by atoms with Crippen LogP contribution in [0.25, 0.3) is 0 Å². The first-order valence-corrected chi connectivity index (χ1v) is 5.69. The Labute approximate surface area is 100 Å². The van der Waals surface area contributed by atoms with Gasteiger partial charge in [-0.3, -0.25) is 0 Å². The molecule has 4 heteroatoms. The first kappa shape index (κ1) is 11.1. The van der Waals surface area contributed by atoms with Gasteiger partial charge in [0, 0.05) is 0 Å². The van der Waals surface area contributed by atoms with Crippen LogP contribution >= 0.6 is 11.6 Å². The van der Waals surface area contributed by atoms with Gasteiger partial charge >= 0.3 is 0 Å². The van der Waals surface area contributed by atoms with Crippen molar-refractivity contribution >= 4 is 11.6 Å². The molecule has 0 saturated heterocycles. The molecule has 2 aromatic rings. The predicted molar refractivity (Wildman–Crippen MR) is 64.6 cm³/mol. The van der Waals surface area contributed by atoms with Crippen LogP contribution in [0.15, 0.2) is 30.5 Å². The molecule has 0 bridgehead atoms. The number of alkyl halides is 1. The van der Waals surface area contributed by atoms with Crippen molar-refractivity contribution in [1.82, 2.24) is 15.0 Å². The van der Waals surface area contributed by atoms with Gasteiger partial charge in [0.2, 0.25) is 0 Å². The fourth-order valence-corrected chi connectivity index (χ4v) is 1.63. The van der Waals surface area contributed by atoms with E-state index >= 15 is 0 Å². The summed E-state index contributed by atoms with van der Waals surface area (Å²) in [4.78, 5) is 0. The predicted octanol–water partition coefficient (Wildman–Crippen LogP) is 2.93. The van der Waals surface area contributed by atoms with E-state index in [9.17, 15) is 0 Å².